The van der Waals surface area contributed by atoms with Gasteiger partial charge in [0.15, 0.2) is 5.76 Å². The van der Waals surface area contributed by atoms with Gasteiger partial charge in [0.05, 0.1) is 17.5 Å². The summed E-state index contributed by atoms with van der Waals surface area (Å²) in [7, 11) is 0. The number of hydrogen-bond donors (Lipinski definition) is 1. The fourth-order valence-electron chi connectivity index (χ4n) is 4.53. The van der Waals surface area contributed by atoms with Gasteiger partial charge in [-0.2, -0.15) is 0 Å². The first-order chi connectivity index (χ1) is 17.4. The number of carboxylic acid groups (broad SMARTS) is 1. The first-order valence-corrected chi connectivity index (χ1v) is 12.0. The summed E-state index contributed by atoms with van der Waals surface area (Å²) in [5.74, 6) is -0.536. The minimum Gasteiger partial charge on any atom is -0.481 e. The maximum Gasteiger partial charge on any atom is 0.314 e. The molecule has 182 valence electrons. The summed E-state index contributed by atoms with van der Waals surface area (Å²) in [5.41, 5.74) is 6.41. The highest BCUT2D eigenvalue weighted by Gasteiger charge is 2.51. The number of ether oxygens (including phenoxy) is 1. The Hall–Kier alpha value is -4.19. The van der Waals surface area contributed by atoms with E-state index in [1.54, 1.807) is 0 Å². The van der Waals surface area contributed by atoms with Gasteiger partial charge in [-0.05, 0) is 48.9 Å². The molecule has 0 amide bonds. The summed E-state index contributed by atoms with van der Waals surface area (Å²) < 4.78 is 11.1. The van der Waals surface area contributed by atoms with Gasteiger partial charge in [0.2, 0.25) is 0 Å². The molecule has 0 atom stereocenters. The van der Waals surface area contributed by atoms with Crippen molar-refractivity contribution in [1.29, 1.82) is 0 Å². The van der Waals surface area contributed by atoms with Gasteiger partial charge in [-0.15, -0.1) is 0 Å². The van der Waals surface area contributed by atoms with Gasteiger partial charge >= 0.3 is 11.9 Å². The van der Waals surface area contributed by atoms with Crippen LogP contribution in [0.1, 0.15) is 40.8 Å². The molecule has 6 heteroatoms. The SMILES string of the molecule is Cc1noc(-c2ccc(-c3ccc(C4(C(=O)O)CC4)cc3)cc2)c1CC(=O)OCc1cccc([11CH3])c1. The third kappa shape index (κ3) is 4.67. The van der Waals surface area contributed by atoms with Crippen LogP contribution in [0.15, 0.2) is 77.3 Å². The third-order valence-corrected chi connectivity index (χ3v) is 6.87. The highest BCUT2D eigenvalue weighted by molar-refractivity contribution is 5.85. The number of aliphatic carboxylic acids is 1. The summed E-state index contributed by atoms with van der Waals surface area (Å²) in [4.78, 5) is 24.1. The highest BCUT2D eigenvalue weighted by atomic mass is 16.5. The number of nitrogens with zero attached hydrogens (tertiary/aromatic N) is 1. The minimum absolute atomic E-state index is 0.0744. The molecular formula is C30H27NO5. The molecule has 1 heterocycles. The minimum atomic E-state index is -0.753. The Morgan fingerprint density at radius 1 is 0.944 bits per heavy atom. The summed E-state index contributed by atoms with van der Waals surface area (Å²) in [6.45, 7) is 4.04. The van der Waals surface area contributed by atoms with Gasteiger partial charge in [-0.3, -0.25) is 9.59 Å². The van der Waals surface area contributed by atoms with E-state index in [4.69, 9.17) is 9.26 Å². The first-order valence-electron chi connectivity index (χ1n) is 12.0. The Morgan fingerprint density at radius 3 is 2.19 bits per heavy atom. The predicted octanol–water partition coefficient (Wildman–Crippen LogP) is 6.03. The van der Waals surface area contributed by atoms with E-state index in [0.29, 0.717) is 29.9 Å². The molecule has 0 radical (unpaired) electrons. The van der Waals surface area contributed by atoms with Crippen molar-refractivity contribution in [1.82, 2.24) is 5.16 Å². The van der Waals surface area contributed by atoms with Crippen LogP contribution in [0.5, 0.6) is 0 Å². The lowest BCUT2D eigenvalue weighted by atomic mass is 9.93. The predicted molar refractivity (Wildman–Crippen MR) is 135 cm³/mol. The molecule has 0 aliphatic heterocycles. The lowest BCUT2D eigenvalue weighted by Crippen LogP contribution is -2.19. The zero-order valence-corrected chi connectivity index (χ0v) is 20.3. The van der Waals surface area contributed by atoms with Gasteiger partial charge in [-0.25, -0.2) is 0 Å². The zero-order chi connectivity index (χ0) is 25.3. The van der Waals surface area contributed by atoms with Crippen molar-refractivity contribution in [3.8, 4) is 22.5 Å². The summed E-state index contributed by atoms with van der Waals surface area (Å²) in [6, 6.07) is 23.4. The standard InChI is InChI=1S/C30H27NO5/c1-19-4-3-5-21(16-19)18-35-27(32)17-26-20(2)31-36-28(26)24-8-6-22(7-9-24)23-10-12-25(13-11-23)30(14-15-30)29(33)34/h3-13,16H,14-15,17-18H2,1-2H3,(H,33,34)/i1-1. The van der Waals surface area contributed by atoms with E-state index in [1.165, 1.54) is 0 Å². The van der Waals surface area contributed by atoms with Crippen molar-refractivity contribution < 1.29 is 24.0 Å². The van der Waals surface area contributed by atoms with Crippen molar-refractivity contribution in [3.05, 3.63) is 101 Å². The molecule has 6 nitrogen and oxygen atoms in total. The van der Waals surface area contributed by atoms with Gasteiger partial charge in [0, 0.05) is 11.1 Å². The molecule has 0 saturated heterocycles. The largest absolute Gasteiger partial charge is 0.481 e. The van der Waals surface area contributed by atoms with E-state index in [0.717, 1.165) is 33.4 Å². The van der Waals surface area contributed by atoms with Crippen LogP contribution in [-0.2, 0) is 32.8 Å². The van der Waals surface area contributed by atoms with Gasteiger partial charge in [-0.1, -0.05) is 83.5 Å². The van der Waals surface area contributed by atoms with Gasteiger partial charge in [0.25, 0.3) is 0 Å². The number of rotatable bonds is 8. The van der Waals surface area contributed by atoms with Crippen LogP contribution >= 0.6 is 0 Å². The van der Waals surface area contributed by atoms with Crippen LogP contribution in [-0.4, -0.2) is 22.2 Å². The molecular weight excluding hydrogens is 453 g/mol. The molecule has 36 heavy (non-hydrogen) atoms. The topological polar surface area (TPSA) is 89.6 Å². The molecule has 0 spiro atoms. The average molecular weight is 481 g/mol. The number of aryl methyl sites for hydroxylation is 2. The number of benzene rings is 3. The maximum atomic E-state index is 12.6. The van der Waals surface area contributed by atoms with Crippen LogP contribution < -0.4 is 0 Å². The molecule has 0 bridgehead atoms. The first kappa shape index (κ1) is 23.5. The summed E-state index contributed by atoms with van der Waals surface area (Å²) >= 11 is 0. The Kier molecular flexibility index (Phi) is 6.18. The van der Waals surface area contributed by atoms with Gasteiger partial charge < -0.3 is 14.4 Å². The Bertz CT molecular complexity index is 1410. The zero-order valence-electron chi connectivity index (χ0n) is 20.3. The number of aromatic nitrogens is 1. The van der Waals surface area contributed by atoms with E-state index < -0.39 is 11.4 Å². The van der Waals surface area contributed by atoms with E-state index in [9.17, 15) is 14.7 Å². The fourth-order valence-corrected chi connectivity index (χ4v) is 4.53. The van der Waals surface area contributed by atoms with Crippen LogP contribution in [0.4, 0.5) is 0 Å². The molecule has 1 saturated carbocycles. The highest BCUT2D eigenvalue weighted by Crippen LogP contribution is 2.48. The number of carbonyl (C=O) groups is 2. The smallest absolute Gasteiger partial charge is 0.314 e. The molecule has 4 aromatic rings. The number of esters is 1. The molecule has 1 aromatic heterocycles. The van der Waals surface area contributed by atoms with Crippen LogP contribution in [0.3, 0.4) is 0 Å². The molecule has 3 aromatic carbocycles. The van der Waals surface area contributed by atoms with Crippen molar-refractivity contribution in [2.24, 2.45) is 0 Å². The second kappa shape index (κ2) is 9.46. The Morgan fingerprint density at radius 2 is 1.58 bits per heavy atom. The van der Waals surface area contributed by atoms with Crippen LogP contribution in [0.25, 0.3) is 22.5 Å². The Labute approximate surface area is 209 Å². The van der Waals surface area contributed by atoms with Crippen molar-refractivity contribution in [2.45, 2.75) is 45.1 Å². The molecule has 1 fully saturated rings. The molecule has 5 rings (SSSR count). The second-order valence-electron chi connectivity index (χ2n) is 9.44. The lowest BCUT2D eigenvalue weighted by molar-refractivity contribution is -0.144. The van der Waals surface area contributed by atoms with E-state index >= 15 is 0 Å². The normalized spacial score (nSPS) is 13.8. The quantitative estimate of drug-likeness (QED) is 0.310. The van der Waals surface area contributed by atoms with E-state index in [-0.39, 0.29) is 19.0 Å². The molecule has 1 aliphatic carbocycles. The van der Waals surface area contributed by atoms with E-state index in [1.807, 2.05) is 86.6 Å². The number of carboxylic acids is 1. The molecule has 0 unspecified atom stereocenters. The lowest BCUT2D eigenvalue weighted by Gasteiger charge is -2.11. The van der Waals surface area contributed by atoms with Gasteiger partial charge in [0.1, 0.15) is 6.61 Å². The second-order valence-corrected chi connectivity index (χ2v) is 9.44. The third-order valence-electron chi connectivity index (χ3n) is 6.87. The monoisotopic (exact) mass is 480 g/mol. The number of hydrogen-bond acceptors (Lipinski definition) is 5. The molecule has 1 aliphatic rings. The fraction of sp³-hybridized carbons (Fsp3) is 0.233. The number of carbonyl (C=O) groups excluding carboxylic acids is 1. The van der Waals surface area contributed by atoms with E-state index in [2.05, 4.69) is 5.16 Å². The average Bonchev–Trinajstić information content (AvgIpc) is 3.63. The molecule has 1 N–H and O–H groups in total. The van der Waals surface area contributed by atoms with Crippen molar-refractivity contribution >= 4 is 11.9 Å². The summed E-state index contributed by atoms with van der Waals surface area (Å²) in [5, 5.41) is 13.6. The van der Waals surface area contributed by atoms with Crippen molar-refractivity contribution in [2.75, 3.05) is 0 Å². The van der Waals surface area contributed by atoms with Crippen molar-refractivity contribution in [3.63, 3.8) is 0 Å². The summed E-state index contributed by atoms with van der Waals surface area (Å²) in [6.07, 6.45) is 1.45. The van der Waals surface area contributed by atoms with Crippen LogP contribution in [0, 0.1) is 13.8 Å². The van der Waals surface area contributed by atoms with Crippen LogP contribution in [0.2, 0.25) is 0 Å². The Balaban J connectivity index is 1.28. The maximum absolute atomic E-state index is 12.6.